The number of aromatic nitrogens is 4. The van der Waals surface area contributed by atoms with Crippen LogP contribution in [0, 0.1) is 0 Å². The lowest BCUT2D eigenvalue weighted by Gasteiger charge is -2.16. The van der Waals surface area contributed by atoms with Crippen molar-refractivity contribution in [1.82, 2.24) is 19.5 Å². The molecule has 0 saturated carbocycles. The van der Waals surface area contributed by atoms with Crippen molar-refractivity contribution < 1.29 is 28.9 Å². The van der Waals surface area contributed by atoms with E-state index in [-0.39, 0.29) is 18.4 Å². The van der Waals surface area contributed by atoms with Crippen LogP contribution in [0.1, 0.15) is 0 Å². The van der Waals surface area contributed by atoms with Crippen LogP contribution in [0.2, 0.25) is 0 Å². The molecule has 0 spiro atoms. The van der Waals surface area contributed by atoms with Crippen LogP contribution in [0.4, 0.5) is 5.95 Å². The molecule has 11 nitrogen and oxygen atoms in total. The minimum atomic E-state index is -4.32. The number of ether oxygens (including phenoxy) is 2. The largest absolute Gasteiger partial charge is 0.479 e. The zero-order valence-electron chi connectivity index (χ0n) is 11.7. The maximum absolute atomic E-state index is 10.8. The fourth-order valence-corrected chi connectivity index (χ4v) is 2.20. The summed E-state index contributed by atoms with van der Waals surface area (Å²) in [6, 6.07) is 0. The van der Waals surface area contributed by atoms with Gasteiger partial charge in [0.15, 0.2) is 11.2 Å². The smallest absolute Gasteiger partial charge is 0.350 e. The Kier molecular flexibility index (Phi) is 4.94. The summed E-state index contributed by atoms with van der Waals surface area (Å²) in [6.07, 6.45) is -0.206. The number of aliphatic hydroxyl groups is 1. The average Bonchev–Trinajstić information content (AvgIpc) is 2.84. The van der Waals surface area contributed by atoms with Crippen molar-refractivity contribution >= 4 is 24.7 Å². The number of rotatable bonds is 7. The Morgan fingerprint density at radius 1 is 1.45 bits per heavy atom. The van der Waals surface area contributed by atoms with Crippen molar-refractivity contribution in [1.29, 1.82) is 0 Å². The fraction of sp³-hybridized carbons (Fsp3) is 0.500. The standard InChI is InChI=1S/C10H16N5O6P/c1-20-9-7-8(13-10(11)14-9)15(4-12-7)2-6(3-16)21-5-22(17,18)19/h4,6,16H,2-3,5H2,1H3,(H2,11,13,14)(H2,17,18,19)/t6-/m0/s1. The average molecular weight is 333 g/mol. The number of hydrogen-bond donors (Lipinski definition) is 4. The molecule has 122 valence electrons. The van der Waals surface area contributed by atoms with Crippen LogP contribution in [0.25, 0.3) is 11.2 Å². The van der Waals surface area contributed by atoms with Crippen LogP contribution in [-0.4, -0.2) is 60.6 Å². The van der Waals surface area contributed by atoms with Gasteiger partial charge in [0.1, 0.15) is 6.35 Å². The molecule has 0 amide bonds. The maximum Gasteiger partial charge on any atom is 0.350 e. The van der Waals surface area contributed by atoms with E-state index in [4.69, 9.17) is 25.0 Å². The van der Waals surface area contributed by atoms with Gasteiger partial charge in [-0.3, -0.25) is 4.57 Å². The minimum absolute atomic E-state index is 0.0113. The third-order valence-electron chi connectivity index (χ3n) is 2.72. The quantitative estimate of drug-likeness (QED) is 0.458. The molecule has 0 aliphatic rings. The number of imidazole rings is 1. The summed E-state index contributed by atoms with van der Waals surface area (Å²) >= 11 is 0. The van der Waals surface area contributed by atoms with Crippen LogP contribution in [0.5, 0.6) is 5.88 Å². The van der Waals surface area contributed by atoms with Crippen molar-refractivity contribution in [3.05, 3.63) is 6.33 Å². The van der Waals surface area contributed by atoms with Gasteiger partial charge in [-0.2, -0.15) is 9.97 Å². The number of nitrogen functional groups attached to an aromatic ring is 1. The van der Waals surface area contributed by atoms with Crippen molar-refractivity contribution in [3.8, 4) is 5.88 Å². The molecule has 1 atom stereocenters. The summed E-state index contributed by atoms with van der Waals surface area (Å²) < 4.78 is 22.4. The lowest BCUT2D eigenvalue weighted by atomic mass is 10.3. The zero-order valence-corrected chi connectivity index (χ0v) is 12.6. The number of fused-ring (bicyclic) bond motifs is 1. The molecule has 22 heavy (non-hydrogen) atoms. The molecule has 0 unspecified atom stereocenters. The van der Waals surface area contributed by atoms with Gasteiger partial charge in [0.25, 0.3) is 0 Å². The van der Waals surface area contributed by atoms with Gasteiger partial charge >= 0.3 is 7.60 Å². The van der Waals surface area contributed by atoms with Gasteiger partial charge in [0.2, 0.25) is 11.8 Å². The molecule has 2 aromatic rings. The molecule has 0 bridgehead atoms. The van der Waals surface area contributed by atoms with Crippen LogP contribution in [-0.2, 0) is 15.8 Å². The van der Waals surface area contributed by atoms with E-state index in [1.165, 1.54) is 18.0 Å². The highest BCUT2D eigenvalue weighted by Gasteiger charge is 2.20. The summed E-state index contributed by atoms with van der Waals surface area (Å²) in [5.41, 5.74) is 6.32. The van der Waals surface area contributed by atoms with E-state index in [1.807, 2.05) is 0 Å². The third kappa shape index (κ3) is 3.90. The highest BCUT2D eigenvalue weighted by Crippen LogP contribution is 2.34. The Morgan fingerprint density at radius 3 is 2.77 bits per heavy atom. The summed E-state index contributed by atoms with van der Waals surface area (Å²) in [6.45, 7) is -0.357. The van der Waals surface area contributed by atoms with Gasteiger partial charge in [-0.05, 0) is 0 Å². The predicted molar refractivity (Wildman–Crippen MR) is 75.2 cm³/mol. The Morgan fingerprint density at radius 2 is 2.18 bits per heavy atom. The molecule has 2 aromatic heterocycles. The summed E-state index contributed by atoms with van der Waals surface area (Å²) in [5, 5.41) is 9.26. The van der Waals surface area contributed by atoms with Gasteiger partial charge in [0.05, 0.1) is 32.7 Å². The van der Waals surface area contributed by atoms with Crippen molar-refractivity contribution in [2.45, 2.75) is 12.6 Å². The first-order valence-corrected chi connectivity index (χ1v) is 7.93. The van der Waals surface area contributed by atoms with Gasteiger partial charge in [-0.1, -0.05) is 0 Å². The molecular weight excluding hydrogens is 317 g/mol. The van der Waals surface area contributed by atoms with E-state index in [9.17, 15) is 9.67 Å². The van der Waals surface area contributed by atoms with E-state index < -0.39 is 26.7 Å². The molecule has 0 aromatic carbocycles. The minimum Gasteiger partial charge on any atom is -0.479 e. The molecule has 5 N–H and O–H groups in total. The summed E-state index contributed by atoms with van der Waals surface area (Å²) in [7, 11) is -2.90. The number of nitrogens with zero attached hydrogens (tertiary/aromatic N) is 4. The Hall–Kier alpha value is -1.78. The Balaban J connectivity index is 2.23. The lowest BCUT2D eigenvalue weighted by molar-refractivity contribution is 0.0202. The highest BCUT2D eigenvalue weighted by molar-refractivity contribution is 7.51. The highest BCUT2D eigenvalue weighted by atomic mass is 31.2. The van der Waals surface area contributed by atoms with Crippen LogP contribution in [0.3, 0.4) is 0 Å². The predicted octanol–water partition coefficient (Wildman–Crippen LogP) is -1.07. The molecule has 0 aliphatic heterocycles. The Bertz CT molecular complexity index is 700. The second-order valence-corrected chi connectivity index (χ2v) is 6.01. The lowest BCUT2D eigenvalue weighted by Crippen LogP contribution is -2.24. The van der Waals surface area contributed by atoms with Crippen LogP contribution >= 0.6 is 7.60 Å². The zero-order chi connectivity index (χ0) is 16.3. The van der Waals surface area contributed by atoms with E-state index >= 15 is 0 Å². The fourth-order valence-electron chi connectivity index (χ4n) is 1.80. The van der Waals surface area contributed by atoms with E-state index in [1.54, 1.807) is 0 Å². The first kappa shape index (κ1) is 16.6. The SMILES string of the molecule is COc1nc(N)nc2c1ncn2C[C@@H](CO)OCP(=O)(O)O. The Labute approximate surface area is 124 Å². The number of aliphatic hydroxyl groups excluding tert-OH is 1. The number of hydrogen-bond acceptors (Lipinski definition) is 8. The van der Waals surface area contributed by atoms with E-state index in [2.05, 4.69) is 15.0 Å². The molecule has 12 heteroatoms. The molecule has 0 fully saturated rings. The summed E-state index contributed by atoms with van der Waals surface area (Å²) in [5.74, 6) is 0.195. The third-order valence-corrected chi connectivity index (χ3v) is 3.21. The van der Waals surface area contributed by atoms with E-state index in [0.717, 1.165) is 0 Å². The molecule has 0 saturated heterocycles. The molecule has 2 heterocycles. The van der Waals surface area contributed by atoms with Crippen molar-refractivity contribution in [2.75, 3.05) is 25.8 Å². The normalized spacial score (nSPS) is 13.5. The number of anilines is 1. The van der Waals surface area contributed by atoms with Crippen molar-refractivity contribution in [3.63, 3.8) is 0 Å². The summed E-state index contributed by atoms with van der Waals surface area (Å²) in [4.78, 5) is 29.6. The number of methoxy groups -OCH3 is 1. The maximum atomic E-state index is 10.8. The van der Waals surface area contributed by atoms with Crippen LogP contribution < -0.4 is 10.5 Å². The first-order valence-electron chi connectivity index (χ1n) is 6.13. The molecule has 0 radical (unpaired) electrons. The van der Waals surface area contributed by atoms with Crippen LogP contribution in [0.15, 0.2) is 6.33 Å². The van der Waals surface area contributed by atoms with Gasteiger partial charge in [0, 0.05) is 0 Å². The first-order chi connectivity index (χ1) is 10.3. The molecule has 0 aliphatic carbocycles. The molecular formula is C10H16N5O6P. The van der Waals surface area contributed by atoms with Gasteiger partial charge in [-0.15, -0.1) is 0 Å². The topological polar surface area (TPSA) is 166 Å². The van der Waals surface area contributed by atoms with Gasteiger partial charge in [-0.25, -0.2) is 4.98 Å². The van der Waals surface area contributed by atoms with Crippen molar-refractivity contribution in [2.24, 2.45) is 0 Å². The number of nitrogens with two attached hydrogens (primary N) is 1. The molecule has 2 rings (SSSR count). The van der Waals surface area contributed by atoms with Gasteiger partial charge < -0.3 is 34.7 Å². The van der Waals surface area contributed by atoms with E-state index in [0.29, 0.717) is 11.2 Å². The monoisotopic (exact) mass is 333 g/mol. The second kappa shape index (κ2) is 6.55. The second-order valence-electron chi connectivity index (χ2n) is 4.43.